The Morgan fingerprint density at radius 2 is 2.03 bits per heavy atom. The Morgan fingerprint density at radius 1 is 1.19 bits per heavy atom. The number of benzene rings is 2. The molecule has 166 valence electrons. The van der Waals surface area contributed by atoms with Gasteiger partial charge in [0, 0.05) is 25.2 Å². The first kappa shape index (κ1) is 22.8. The van der Waals surface area contributed by atoms with Gasteiger partial charge in [0.2, 0.25) is 0 Å². The summed E-state index contributed by atoms with van der Waals surface area (Å²) in [5.74, 6) is 1.08. The number of aliphatic hydroxyl groups excluding tert-OH is 1. The predicted octanol–water partition coefficient (Wildman–Crippen LogP) is 2.75. The second kappa shape index (κ2) is 10.9. The van der Waals surface area contributed by atoms with Crippen LogP contribution < -0.4 is 15.0 Å². The van der Waals surface area contributed by atoms with Gasteiger partial charge in [-0.2, -0.15) is 0 Å². The molecular weight excluding hydrogens is 396 g/mol. The minimum Gasteiger partial charge on any atom is -0.497 e. The monoisotopic (exact) mass is 426 g/mol. The average molecular weight is 427 g/mol. The lowest BCUT2D eigenvalue weighted by Gasteiger charge is -2.29. The lowest BCUT2D eigenvalue weighted by molar-refractivity contribution is -0.124. The molecule has 0 fully saturated rings. The topological polar surface area (TPSA) is 91.3 Å². The van der Waals surface area contributed by atoms with E-state index in [4.69, 9.17) is 14.7 Å². The van der Waals surface area contributed by atoms with Crippen LogP contribution in [0.25, 0.3) is 6.08 Å². The summed E-state index contributed by atoms with van der Waals surface area (Å²) >= 11 is 0. The number of aliphatic hydroxyl groups is 1. The second-order valence-electron chi connectivity index (χ2n) is 7.51. The Labute approximate surface area is 182 Å². The maximum atomic E-state index is 11.2. The van der Waals surface area contributed by atoms with Crippen molar-refractivity contribution in [3.8, 4) is 11.5 Å². The Kier molecular flexibility index (Phi) is 8.06. The molecule has 0 bridgehead atoms. The van der Waals surface area contributed by atoms with Crippen LogP contribution in [0.5, 0.6) is 11.5 Å². The Bertz CT molecular complexity index is 928. The van der Waals surface area contributed by atoms with E-state index in [2.05, 4.69) is 17.0 Å². The van der Waals surface area contributed by atoms with Crippen molar-refractivity contribution in [3.63, 3.8) is 0 Å². The van der Waals surface area contributed by atoms with E-state index in [1.54, 1.807) is 25.8 Å². The zero-order chi connectivity index (χ0) is 22.2. The molecule has 0 heterocycles. The number of ether oxygens (including phenoxy) is 2. The third-order valence-electron chi connectivity index (χ3n) is 5.73. The molecule has 0 saturated carbocycles. The highest BCUT2D eigenvalue weighted by Gasteiger charge is 2.27. The van der Waals surface area contributed by atoms with Crippen molar-refractivity contribution in [3.05, 3.63) is 64.7 Å². The molecule has 3 N–H and O–H groups in total. The fourth-order valence-corrected chi connectivity index (χ4v) is 4.20. The van der Waals surface area contributed by atoms with Crippen LogP contribution in [-0.4, -0.2) is 55.0 Å². The first-order valence-corrected chi connectivity index (χ1v) is 10.4. The summed E-state index contributed by atoms with van der Waals surface area (Å²) in [5, 5.41) is 18.3. The summed E-state index contributed by atoms with van der Waals surface area (Å²) < 4.78 is 10.9. The largest absolute Gasteiger partial charge is 0.497 e. The summed E-state index contributed by atoms with van der Waals surface area (Å²) in [4.78, 5) is 13.5. The van der Waals surface area contributed by atoms with Gasteiger partial charge in [0.05, 0.1) is 20.8 Å². The zero-order valence-electron chi connectivity index (χ0n) is 18.0. The van der Waals surface area contributed by atoms with E-state index in [-0.39, 0.29) is 12.6 Å². The smallest absolute Gasteiger partial charge is 0.267 e. The van der Waals surface area contributed by atoms with Crippen molar-refractivity contribution in [2.75, 3.05) is 33.9 Å². The number of methoxy groups -OCH3 is 2. The molecule has 0 saturated heterocycles. The highest BCUT2D eigenvalue weighted by Crippen LogP contribution is 2.37. The zero-order valence-corrected chi connectivity index (χ0v) is 18.0. The van der Waals surface area contributed by atoms with Crippen molar-refractivity contribution < 1.29 is 24.6 Å². The fourth-order valence-electron chi connectivity index (χ4n) is 4.20. The molecule has 7 nitrogen and oxygen atoms in total. The van der Waals surface area contributed by atoms with E-state index in [9.17, 15) is 9.90 Å². The first-order valence-electron chi connectivity index (χ1n) is 10.4. The first-order chi connectivity index (χ1) is 15.1. The molecule has 1 amide bonds. The van der Waals surface area contributed by atoms with Crippen LogP contribution in [0.15, 0.2) is 42.5 Å². The summed E-state index contributed by atoms with van der Waals surface area (Å²) in [6.45, 7) is 1.47. The normalized spacial score (nSPS) is 15.3. The Morgan fingerprint density at radius 3 is 2.74 bits per heavy atom. The van der Waals surface area contributed by atoms with E-state index in [1.807, 2.05) is 24.3 Å². The summed E-state index contributed by atoms with van der Waals surface area (Å²) in [6.07, 6.45) is 5.68. The number of rotatable bonds is 10. The van der Waals surface area contributed by atoms with Gasteiger partial charge < -0.3 is 14.6 Å². The molecular formula is C24H30N2O5. The summed E-state index contributed by atoms with van der Waals surface area (Å²) in [5.41, 5.74) is 6.09. The third-order valence-corrected chi connectivity index (χ3v) is 5.73. The third kappa shape index (κ3) is 5.64. The molecule has 2 aromatic rings. The molecule has 7 heteroatoms. The number of fused-ring (bicyclic) bond motifs is 1. The fraction of sp³-hybridized carbons (Fsp3) is 0.375. The van der Waals surface area contributed by atoms with Crippen molar-refractivity contribution in [2.24, 2.45) is 0 Å². The van der Waals surface area contributed by atoms with E-state index >= 15 is 0 Å². The highest BCUT2D eigenvalue weighted by atomic mass is 16.5. The second-order valence-corrected chi connectivity index (χ2v) is 7.51. The van der Waals surface area contributed by atoms with Gasteiger partial charge in [0.25, 0.3) is 5.91 Å². The van der Waals surface area contributed by atoms with Crippen molar-refractivity contribution in [1.82, 2.24) is 10.4 Å². The Hall–Kier alpha value is -2.87. The minimum atomic E-state index is -0.555. The van der Waals surface area contributed by atoms with E-state index in [0.717, 1.165) is 48.4 Å². The quantitative estimate of drug-likeness (QED) is 0.307. The van der Waals surface area contributed by atoms with Crippen molar-refractivity contribution in [1.29, 1.82) is 0 Å². The maximum Gasteiger partial charge on any atom is 0.267 e. The molecule has 1 unspecified atom stereocenters. The highest BCUT2D eigenvalue weighted by molar-refractivity contribution is 5.90. The molecule has 0 radical (unpaired) electrons. The van der Waals surface area contributed by atoms with E-state index in [1.165, 1.54) is 17.2 Å². The van der Waals surface area contributed by atoms with E-state index in [0.29, 0.717) is 6.54 Å². The van der Waals surface area contributed by atoms with Crippen LogP contribution in [0.4, 0.5) is 0 Å². The van der Waals surface area contributed by atoms with Gasteiger partial charge in [-0.25, -0.2) is 5.48 Å². The van der Waals surface area contributed by atoms with Crippen LogP contribution in [-0.2, 0) is 17.6 Å². The molecule has 0 spiro atoms. The number of hydroxylamine groups is 1. The maximum absolute atomic E-state index is 11.2. The van der Waals surface area contributed by atoms with Gasteiger partial charge in [-0.1, -0.05) is 18.2 Å². The van der Waals surface area contributed by atoms with Gasteiger partial charge in [-0.15, -0.1) is 0 Å². The molecule has 0 aromatic heterocycles. The number of carbonyl (C=O) groups excluding carboxylic acids is 1. The number of hydrogen-bond acceptors (Lipinski definition) is 6. The number of nitrogens with one attached hydrogen (secondary N) is 1. The summed E-state index contributed by atoms with van der Waals surface area (Å²) in [6, 6.07) is 12.2. The predicted molar refractivity (Wildman–Crippen MR) is 118 cm³/mol. The standard InChI is InChI=1S/C24H30N2O5/c1-30-20-6-9-23(31-2)19(16-20)11-12-26(13-14-27)22-8-5-18-15-17(3-7-21(18)22)4-10-24(28)25-29/h3-4,6-7,9-10,15-16,22,27,29H,5,8,11-14H2,1-2H3,(H,25,28)/b10-4+. The molecule has 1 aliphatic carbocycles. The van der Waals surface area contributed by atoms with Crippen molar-refractivity contribution >= 4 is 12.0 Å². The lowest BCUT2D eigenvalue weighted by Crippen LogP contribution is -2.32. The van der Waals surface area contributed by atoms with Crippen LogP contribution >= 0.6 is 0 Å². The Balaban J connectivity index is 1.75. The van der Waals surface area contributed by atoms with Crippen molar-refractivity contribution in [2.45, 2.75) is 25.3 Å². The SMILES string of the molecule is COc1ccc(OC)c(CCN(CCO)C2CCc3cc(/C=C/C(=O)NO)ccc32)c1. The van der Waals surface area contributed by atoms with Crippen LogP contribution in [0.1, 0.15) is 34.7 Å². The van der Waals surface area contributed by atoms with Gasteiger partial charge in [-0.05, 0) is 65.8 Å². The summed E-state index contributed by atoms with van der Waals surface area (Å²) in [7, 11) is 3.32. The molecule has 2 aromatic carbocycles. The van der Waals surface area contributed by atoms with Crippen LogP contribution in [0.3, 0.4) is 0 Å². The number of hydrogen-bond donors (Lipinski definition) is 3. The molecule has 3 rings (SSSR count). The lowest BCUT2D eigenvalue weighted by atomic mass is 10.0. The molecule has 31 heavy (non-hydrogen) atoms. The van der Waals surface area contributed by atoms with Gasteiger partial charge in [-0.3, -0.25) is 14.9 Å². The van der Waals surface area contributed by atoms with Crippen LogP contribution in [0.2, 0.25) is 0 Å². The van der Waals surface area contributed by atoms with Gasteiger partial charge in [0.15, 0.2) is 0 Å². The molecule has 1 atom stereocenters. The minimum absolute atomic E-state index is 0.0954. The number of nitrogens with zero attached hydrogens (tertiary/aromatic N) is 1. The van der Waals surface area contributed by atoms with Crippen LogP contribution in [0, 0.1) is 0 Å². The average Bonchev–Trinajstić information content (AvgIpc) is 3.23. The molecule has 0 aliphatic heterocycles. The van der Waals surface area contributed by atoms with Gasteiger partial charge >= 0.3 is 0 Å². The number of aryl methyl sites for hydroxylation is 1. The van der Waals surface area contributed by atoms with E-state index < -0.39 is 5.91 Å². The number of amides is 1. The number of carbonyl (C=O) groups is 1. The van der Waals surface area contributed by atoms with Gasteiger partial charge in [0.1, 0.15) is 11.5 Å². The molecule has 1 aliphatic rings.